The third kappa shape index (κ3) is 8.75. The number of guanidine groups is 1. The summed E-state index contributed by atoms with van der Waals surface area (Å²) in [5, 5.41) is 6.63. The first-order valence-electron chi connectivity index (χ1n) is 10.6. The van der Waals surface area contributed by atoms with E-state index in [0.717, 1.165) is 30.4 Å². The number of nitrogens with zero attached hydrogens (tertiary/aromatic N) is 1. The van der Waals surface area contributed by atoms with Gasteiger partial charge < -0.3 is 29.6 Å². The zero-order chi connectivity index (χ0) is 20.9. The van der Waals surface area contributed by atoms with E-state index in [1.165, 1.54) is 38.5 Å². The van der Waals surface area contributed by atoms with Gasteiger partial charge in [-0.25, -0.2) is 4.99 Å². The molecule has 1 aliphatic rings. The van der Waals surface area contributed by atoms with Crippen molar-refractivity contribution in [1.82, 2.24) is 10.6 Å². The van der Waals surface area contributed by atoms with Crippen LogP contribution in [0.4, 0.5) is 0 Å². The predicted molar refractivity (Wildman–Crippen MR) is 132 cm³/mol. The fourth-order valence-electron chi connectivity index (χ4n) is 3.53. The molecule has 30 heavy (non-hydrogen) atoms. The number of rotatable bonds is 10. The van der Waals surface area contributed by atoms with Gasteiger partial charge in [0.1, 0.15) is 5.75 Å². The Morgan fingerprint density at radius 2 is 1.57 bits per heavy atom. The minimum absolute atomic E-state index is 0. The quantitative estimate of drug-likeness (QED) is 0.154. The molecule has 0 aromatic heterocycles. The van der Waals surface area contributed by atoms with Crippen LogP contribution in [0.15, 0.2) is 17.1 Å². The lowest BCUT2D eigenvalue weighted by atomic mass is 10.1. The minimum atomic E-state index is 0. The van der Waals surface area contributed by atoms with E-state index >= 15 is 0 Å². The Morgan fingerprint density at radius 1 is 0.933 bits per heavy atom. The molecule has 0 spiro atoms. The van der Waals surface area contributed by atoms with E-state index in [4.69, 9.17) is 18.9 Å². The molecule has 1 saturated carbocycles. The maximum absolute atomic E-state index is 6.05. The van der Waals surface area contributed by atoms with Gasteiger partial charge in [0.25, 0.3) is 0 Å². The highest BCUT2D eigenvalue weighted by Gasteiger charge is 2.13. The van der Waals surface area contributed by atoms with Gasteiger partial charge in [0.15, 0.2) is 17.5 Å². The Morgan fingerprint density at radius 3 is 2.17 bits per heavy atom. The van der Waals surface area contributed by atoms with Crippen LogP contribution in [0, 0.1) is 0 Å². The molecule has 0 atom stereocenters. The summed E-state index contributed by atoms with van der Waals surface area (Å²) >= 11 is 0. The van der Waals surface area contributed by atoms with Crippen molar-refractivity contribution in [2.45, 2.75) is 58.1 Å². The van der Waals surface area contributed by atoms with Gasteiger partial charge in [0.2, 0.25) is 0 Å². The normalized spacial score (nSPS) is 15.0. The molecule has 0 heterocycles. The standard InChI is InChI=1S/C22H37N3O4.HI/c1-5-23-22(24-12-13-29-18-10-8-6-7-9-11-18)25-16-17-14-20(27-3)21(28-4)15-19(17)26-2;/h14-15,18H,5-13,16H2,1-4H3,(H2,23,24,25);1H. The zero-order valence-electron chi connectivity index (χ0n) is 18.8. The van der Waals surface area contributed by atoms with E-state index in [0.29, 0.717) is 30.8 Å². The largest absolute Gasteiger partial charge is 0.496 e. The second kappa shape index (κ2) is 15.4. The molecule has 0 radical (unpaired) electrons. The summed E-state index contributed by atoms with van der Waals surface area (Å²) in [4.78, 5) is 4.69. The molecule has 2 N–H and O–H groups in total. The molecule has 1 aromatic rings. The number of methoxy groups -OCH3 is 3. The van der Waals surface area contributed by atoms with Crippen LogP contribution in [-0.2, 0) is 11.3 Å². The average molecular weight is 535 g/mol. The number of hydrogen-bond acceptors (Lipinski definition) is 5. The van der Waals surface area contributed by atoms with E-state index in [-0.39, 0.29) is 24.0 Å². The van der Waals surface area contributed by atoms with Gasteiger partial charge in [0.05, 0.1) is 40.6 Å². The van der Waals surface area contributed by atoms with Gasteiger partial charge in [-0.1, -0.05) is 25.7 Å². The van der Waals surface area contributed by atoms with Crippen LogP contribution >= 0.6 is 24.0 Å². The van der Waals surface area contributed by atoms with Crippen molar-refractivity contribution >= 4 is 29.9 Å². The van der Waals surface area contributed by atoms with Gasteiger partial charge in [-0.15, -0.1) is 24.0 Å². The lowest BCUT2D eigenvalue weighted by Gasteiger charge is -2.17. The second-order valence-electron chi connectivity index (χ2n) is 7.13. The molecule has 0 aliphatic heterocycles. The van der Waals surface area contributed by atoms with Crippen molar-refractivity contribution in [1.29, 1.82) is 0 Å². The summed E-state index contributed by atoms with van der Waals surface area (Å²) in [6, 6.07) is 3.73. The Bertz CT molecular complexity index is 635. The Hall–Kier alpha value is -1.42. The molecule has 8 heteroatoms. The first-order valence-corrected chi connectivity index (χ1v) is 10.6. The van der Waals surface area contributed by atoms with Crippen molar-refractivity contribution in [3.05, 3.63) is 17.7 Å². The number of ether oxygens (including phenoxy) is 4. The molecule has 0 amide bonds. The number of halogens is 1. The number of aliphatic imine (C=N–C) groups is 1. The van der Waals surface area contributed by atoms with E-state index < -0.39 is 0 Å². The maximum atomic E-state index is 6.05. The number of hydrogen-bond donors (Lipinski definition) is 2. The van der Waals surface area contributed by atoms with Crippen LogP contribution in [0.5, 0.6) is 17.2 Å². The Balaban J connectivity index is 0.00000450. The van der Waals surface area contributed by atoms with Crippen LogP contribution in [0.2, 0.25) is 0 Å². The second-order valence-corrected chi connectivity index (χ2v) is 7.13. The summed E-state index contributed by atoms with van der Waals surface area (Å²) in [5.41, 5.74) is 0.928. The molecule has 1 aromatic carbocycles. The summed E-state index contributed by atoms with van der Waals surface area (Å²) in [7, 11) is 4.87. The van der Waals surface area contributed by atoms with E-state index in [2.05, 4.69) is 22.5 Å². The first kappa shape index (κ1) is 26.6. The van der Waals surface area contributed by atoms with E-state index in [1.54, 1.807) is 21.3 Å². The van der Waals surface area contributed by atoms with E-state index in [1.807, 2.05) is 12.1 Å². The topological polar surface area (TPSA) is 73.3 Å². The van der Waals surface area contributed by atoms with Crippen molar-refractivity contribution < 1.29 is 18.9 Å². The molecule has 172 valence electrons. The fraction of sp³-hybridized carbons (Fsp3) is 0.682. The lowest BCUT2D eigenvalue weighted by molar-refractivity contribution is 0.0468. The monoisotopic (exact) mass is 535 g/mol. The fourth-order valence-corrected chi connectivity index (χ4v) is 3.53. The lowest BCUT2D eigenvalue weighted by Crippen LogP contribution is -2.39. The highest BCUT2D eigenvalue weighted by atomic mass is 127. The molecule has 1 aliphatic carbocycles. The Labute approximate surface area is 198 Å². The highest BCUT2D eigenvalue weighted by molar-refractivity contribution is 14.0. The average Bonchev–Trinajstić information content (AvgIpc) is 3.03. The van der Waals surface area contributed by atoms with Crippen LogP contribution in [0.3, 0.4) is 0 Å². The van der Waals surface area contributed by atoms with Crippen LogP contribution < -0.4 is 24.8 Å². The summed E-state index contributed by atoms with van der Waals surface area (Å²) in [5.74, 6) is 2.78. The molecular formula is C22H38IN3O4. The van der Waals surface area contributed by atoms with Crippen molar-refractivity contribution in [2.75, 3.05) is 41.0 Å². The van der Waals surface area contributed by atoms with E-state index in [9.17, 15) is 0 Å². The predicted octanol–water partition coefficient (Wildman–Crippen LogP) is 4.12. The van der Waals surface area contributed by atoms with Gasteiger partial charge in [-0.3, -0.25) is 0 Å². The third-order valence-electron chi connectivity index (χ3n) is 5.09. The van der Waals surface area contributed by atoms with Crippen LogP contribution in [-0.4, -0.2) is 53.1 Å². The minimum Gasteiger partial charge on any atom is -0.496 e. The highest BCUT2D eigenvalue weighted by Crippen LogP contribution is 2.34. The van der Waals surface area contributed by atoms with Crippen LogP contribution in [0.1, 0.15) is 51.0 Å². The molecule has 7 nitrogen and oxygen atoms in total. The van der Waals surface area contributed by atoms with Crippen molar-refractivity contribution in [3.8, 4) is 17.2 Å². The molecule has 0 bridgehead atoms. The maximum Gasteiger partial charge on any atom is 0.191 e. The zero-order valence-corrected chi connectivity index (χ0v) is 21.1. The molecule has 1 fully saturated rings. The van der Waals surface area contributed by atoms with Crippen molar-refractivity contribution in [2.24, 2.45) is 4.99 Å². The smallest absolute Gasteiger partial charge is 0.191 e. The molecule has 2 rings (SSSR count). The number of nitrogens with one attached hydrogen (secondary N) is 2. The first-order chi connectivity index (χ1) is 14.2. The van der Waals surface area contributed by atoms with Crippen molar-refractivity contribution in [3.63, 3.8) is 0 Å². The molecular weight excluding hydrogens is 497 g/mol. The summed E-state index contributed by atoms with van der Waals surface area (Å²) < 4.78 is 22.3. The Kier molecular flexibility index (Phi) is 13.7. The van der Waals surface area contributed by atoms with Gasteiger partial charge >= 0.3 is 0 Å². The van der Waals surface area contributed by atoms with Crippen LogP contribution in [0.25, 0.3) is 0 Å². The summed E-state index contributed by atoms with van der Waals surface area (Å²) in [6.45, 7) is 4.72. The third-order valence-corrected chi connectivity index (χ3v) is 5.09. The molecule has 0 unspecified atom stereocenters. The van der Waals surface area contributed by atoms with Gasteiger partial charge in [0, 0.05) is 24.7 Å². The van der Waals surface area contributed by atoms with Gasteiger partial charge in [-0.2, -0.15) is 0 Å². The number of benzene rings is 1. The summed E-state index contributed by atoms with van der Waals surface area (Å²) in [6.07, 6.45) is 8.05. The van der Waals surface area contributed by atoms with Gasteiger partial charge in [-0.05, 0) is 25.8 Å². The SMILES string of the molecule is CCNC(=NCc1cc(OC)c(OC)cc1OC)NCCOC1CCCCCC1.I. The molecule has 0 saturated heterocycles.